The first-order valence-corrected chi connectivity index (χ1v) is 9.38. The molecule has 25 heavy (non-hydrogen) atoms. The van der Waals surface area contributed by atoms with E-state index >= 15 is 0 Å². The second-order valence-electron chi connectivity index (χ2n) is 6.43. The largest absolute Gasteiger partial charge is 0.264 e. The molecule has 1 unspecified atom stereocenters. The van der Waals surface area contributed by atoms with Crippen LogP contribution >= 0.6 is 15.9 Å². The Morgan fingerprint density at radius 2 is 1.80 bits per heavy atom. The van der Waals surface area contributed by atoms with Crippen molar-refractivity contribution in [2.45, 2.75) is 25.2 Å². The lowest BCUT2D eigenvalue weighted by Crippen LogP contribution is -2.07. The van der Waals surface area contributed by atoms with Crippen LogP contribution in [0.15, 0.2) is 89.0 Å². The van der Waals surface area contributed by atoms with Crippen molar-refractivity contribution in [1.29, 1.82) is 0 Å². The summed E-state index contributed by atoms with van der Waals surface area (Å²) >= 11 is 3.64. The summed E-state index contributed by atoms with van der Waals surface area (Å²) in [6.45, 7) is 0. The van der Waals surface area contributed by atoms with Gasteiger partial charge in [0.15, 0.2) is 0 Å². The van der Waals surface area contributed by atoms with E-state index in [9.17, 15) is 0 Å². The highest BCUT2D eigenvalue weighted by Crippen LogP contribution is 2.39. The molecule has 4 rings (SSSR count). The van der Waals surface area contributed by atoms with Crippen LogP contribution in [0.4, 0.5) is 0 Å². The highest BCUT2D eigenvalue weighted by atomic mass is 79.9. The predicted molar refractivity (Wildman–Crippen MR) is 106 cm³/mol. The zero-order chi connectivity index (χ0) is 17.1. The van der Waals surface area contributed by atoms with Gasteiger partial charge in [-0.1, -0.05) is 46.3 Å². The molecule has 2 aliphatic rings. The minimum atomic E-state index is 0.342. The average Bonchev–Trinajstić information content (AvgIpc) is 2.69. The van der Waals surface area contributed by atoms with Gasteiger partial charge in [-0.2, -0.15) is 0 Å². The molecule has 0 radical (unpaired) electrons. The normalized spacial score (nSPS) is 20.3. The quantitative estimate of drug-likeness (QED) is 0.644. The van der Waals surface area contributed by atoms with Crippen molar-refractivity contribution in [2.24, 2.45) is 0 Å². The highest BCUT2D eigenvalue weighted by Gasteiger charge is 2.21. The van der Waals surface area contributed by atoms with E-state index in [4.69, 9.17) is 0 Å². The zero-order valence-electron chi connectivity index (χ0n) is 13.9. The van der Waals surface area contributed by atoms with Gasteiger partial charge in [0.2, 0.25) is 0 Å². The molecule has 0 aromatic carbocycles. The van der Waals surface area contributed by atoms with Gasteiger partial charge >= 0.3 is 0 Å². The third-order valence-corrected chi connectivity index (χ3v) is 5.29. The maximum Gasteiger partial charge on any atom is 0.0346 e. The van der Waals surface area contributed by atoms with E-state index in [-0.39, 0.29) is 0 Å². The minimum Gasteiger partial charge on any atom is -0.264 e. The first kappa shape index (κ1) is 16.2. The Hall–Kier alpha value is -2.26. The minimum absolute atomic E-state index is 0.342. The van der Waals surface area contributed by atoms with Gasteiger partial charge in [0.1, 0.15) is 0 Å². The Bertz CT molecular complexity index is 877. The number of rotatable bonds is 3. The van der Waals surface area contributed by atoms with E-state index in [0.29, 0.717) is 5.92 Å². The van der Waals surface area contributed by atoms with Gasteiger partial charge < -0.3 is 0 Å². The second kappa shape index (κ2) is 7.32. The van der Waals surface area contributed by atoms with Crippen molar-refractivity contribution in [2.75, 3.05) is 0 Å². The topological polar surface area (TPSA) is 25.8 Å². The van der Waals surface area contributed by atoms with Gasteiger partial charge in [0, 0.05) is 35.2 Å². The molecule has 2 aromatic rings. The zero-order valence-corrected chi connectivity index (χ0v) is 15.5. The molecule has 0 saturated heterocycles. The Kier molecular flexibility index (Phi) is 4.75. The molecule has 2 aliphatic carbocycles. The molecule has 3 heteroatoms. The summed E-state index contributed by atoms with van der Waals surface area (Å²) in [7, 11) is 0. The number of nitrogens with zero attached hydrogens (tertiary/aromatic N) is 2. The number of hydrogen-bond acceptors (Lipinski definition) is 2. The van der Waals surface area contributed by atoms with Gasteiger partial charge in [0.05, 0.1) is 0 Å². The maximum atomic E-state index is 4.31. The van der Waals surface area contributed by atoms with Gasteiger partial charge in [-0.15, -0.1) is 0 Å². The Morgan fingerprint density at radius 3 is 2.52 bits per heavy atom. The number of aromatic nitrogens is 2. The van der Waals surface area contributed by atoms with Crippen LogP contribution in [-0.4, -0.2) is 9.97 Å². The van der Waals surface area contributed by atoms with Crippen LogP contribution in [0, 0.1) is 0 Å². The summed E-state index contributed by atoms with van der Waals surface area (Å²) in [4.78, 5) is 8.61. The van der Waals surface area contributed by atoms with E-state index in [1.54, 1.807) is 0 Å². The van der Waals surface area contributed by atoms with E-state index in [1.807, 2.05) is 36.9 Å². The summed E-state index contributed by atoms with van der Waals surface area (Å²) in [6.07, 6.45) is 20.0. The lowest BCUT2D eigenvalue weighted by Gasteiger charge is -2.25. The highest BCUT2D eigenvalue weighted by molar-refractivity contribution is 9.11. The van der Waals surface area contributed by atoms with Gasteiger partial charge in [-0.05, 0) is 65.3 Å². The van der Waals surface area contributed by atoms with Gasteiger partial charge in [-0.3, -0.25) is 9.97 Å². The summed E-state index contributed by atoms with van der Waals surface area (Å²) < 4.78 is 1.19. The molecule has 2 nitrogen and oxygen atoms in total. The van der Waals surface area contributed by atoms with Crippen molar-refractivity contribution in [3.63, 3.8) is 0 Å². The third kappa shape index (κ3) is 3.72. The monoisotopic (exact) mass is 390 g/mol. The fraction of sp³-hybridized carbons (Fsp3) is 0.182. The Labute approximate surface area is 156 Å². The molecule has 0 aliphatic heterocycles. The summed E-state index contributed by atoms with van der Waals surface area (Å²) in [5.41, 5.74) is 6.52. The van der Waals surface area contributed by atoms with Crippen molar-refractivity contribution in [3.8, 4) is 0 Å². The van der Waals surface area contributed by atoms with Crippen LogP contribution in [0.25, 0.3) is 5.57 Å². The molecule has 1 atom stereocenters. The number of hydrogen-bond donors (Lipinski definition) is 0. The van der Waals surface area contributed by atoms with E-state index < -0.39 is 0 Å². The lowest BCUT2D eigenvalue weighted by atomic mass is 9.80. The van der Waals surface area contributed by atoms with Crippen LogP contribution < -0.4 is 0 Å². The number of pyridine rings is 2. The summed E-state index contributed by atoms with van der Waals surface area (Å²) in [5.74, 6) is 0.342. The van der Waals surface area contributed by atoms with Crippen molar-refractivity contribution >= 4 is 21.5 Å². The Balaban J connectivity index is 1.76. The lowest BCUT2D eigenvalue weighted by molar-refractivity contribution is 0.798. The molecular formula is C22H19BrN2. The predicted octanol–water partition coefficient (Wildman–Crippen LogP) is 5.97. The van der Waals surface area contributed by atoms with Crippen LogP contribution in [0.2, 0.25) is 0 Å². The third-order valence-electron chi connectivity index (χ3n) is 4.74. The average molecular weight is 391 g/mol. The first-order valence-electron chi connectivity index (χ1n) is 8.59. The smallest absolute Gasteiger partial charge is 0.0346 e. The van der Waals surface area contributed by atoms with Gasteiger partial charge in [0.25, 0.3) is 0 Å². The van der Waals surface area contributed by atoms with Crippen molar-refractivity contribution in [3.05, 3.63) is 100 Å². The van der Waals surface area contributed by atoms with Crippen LogP contribution in [0.1, 0.15) is 36.3 Å². The molecule has 124 valence electrons. The van der Waals surface area contributed by atoms with Crippen LogP contribution in [-0.2, 0) is 0 Å². The van der Waals surface area contributed by atoms with Crippen LogP contribution in [0.3, 0.4) is 0 Å². The Morgan fingerprint density at radius 1 is 0.960 bits per heavy atom. The fourth-order valence-electron chi connectivity index (χ4n) is 3.47. The molecule has 0 N–H and O–H groups in total. The molecule has 2 heterocycles. The van der Waals surface area contributed by atoms with Crippen LogP contribution in [0.5, 0.6) is 0 Å². The van der Waals surface area contributed by atoms with E-state index in [0.717, 1.165) is 19.3 Å². The van der Waals surface area contributed by atoms with Crippen molar-refractivity contribution in [1.82, 2.24) is 9.97 Å². The number of allylic oxidation sites excluding steroid dienone is 8. The molecule has 0 spiro atoms. The summed E-state index contributed by atoms with van der Waals surface area (Å²) in [5, 5.41) is 0. The van der Waals surface area contributed by atoms with Crippen molar-refractivity contribution < 1.29 is 0 Å². The van der Waals surface area contributed by atoms with Gasteiger partial charge in [-0.25, -0.2) is 0 Å². The molecule has 2 aromatic heterocycles. The fourth-order valence-corrected chi connectivity index (χ4v) is 3.98. The van der Waals surface area contributed by atoms with E-state index in [2.05, 4.69) is 62.3 Å². The maximum absolute atomic E-state index is 4.31. The first-order chi connectivity index (χ1) is 12.3. The molecular weight excluding hydrogens is 372 g/mol. The van der Waals surface area contributed by atoms with E-state index in [1.165, 1.54) is 32.3 Å². The number of halogens is 1. The summed E-state index contributed by atoms with van der Waals surface area (Å²) in [6, 6.07) is 8.31. The second-order valence-corrected chi connectivity index (χ2v) is 7.34. The molecule has 0 amide bonds. The molecule has 0 fully saturated rings. The molecule has 0 bridgehead atoms. The SMILES string of the molecule is BrC1=CCCC(C2=CC(c3cccnc3)=CC(c3cccnc3)C2)=C1. The molecule has 0 saturated carbocycles. The standard InChI is InChI=1S/C22H19BrN2/c23-22-7-1-4-16(13-22)19-10-20(17-5-2-8-24-14-17)12-21(11-19)18-6-3-9-25-15-18/h2-3,5-10,12-15,21H,1,4,11H2.